The summed E-state index contributed by atoms with van der Waals surface area (Å²) in [6.07, 6.45) is 17.9. The second-order valence-corrected chi connectivity index (χ2v) is 9.46. The SMILES string of the molecule is C1=CC(N(c2ccccc2)c2ccccc2)C=CC1=C1C=CN(C(c2ccccc2)c2ccccc2)C=C1. The number of allylic oxidation sites excluding steroid dienone is 6. The predicted octanol–water partition coefficient (Wildman–Crippen LogP) is 8.75. The molecule has 4 aromatic rings. The highest BCUT2D eigenvalue weighted by Gasteiger charge is 2.21. The molecule has 0 fully saturated rings. The van der Waals surface area contributed by atoms with E-state index in [1.54, 1.807) is 0 Å². The Hall–Kier alpha value is -4.82. The number of rotatable bonds is 6. The molecule has 1 aliphatic carbocycles. The largest absolute Gasteiger partial charge is 0.343 e. The van der Waals surface area contributed by atoms with E-state index in [1.165, 1.54) is 33.6 Å². The second kappa shape index (κ2) is 11.1. The van der Waals surface area contributed by atoms with Crippen LogP contribution >= 0.6 is 0 Å². The van der Waals surface area contributed by atoms with Crippen molar-refractivity contribution in [2.75, 3.05) is 4.90 Å². The molecule has 38 heavy (non-hydrogen) atoms. The van der Waals surface area contributed by atoms with Gasteiger partial charge in [-0.2, -0.15) is 0 Å². The summed E-state index contributed by atoms with van der Waals surface area (Å²) in [7, 11) is 0. The standard InChI is InChI=1S/C36H30N2/c1-5-13-31(14-6-1)36(32-15-7-2-8-16-32)37-27-25-30(26-28-37)29-21-23-35(24-22-29)38(33-17-9-3-10-18-33)34-19-11-4-12-20-34/h1-28,35-36H. The van der Waals surface area contributed by atoms with Crippen molar-refractivity contribution in [1.82, 2.24) is 4.90 Å². The van der Waals surface area contributed by atoms with Crippen LogP contribution in [0, 0.1) is 0 Å². The Bertz CT molecular complexity index is 1270. The van der Waals surface area contributed by atoms with Gasteiger partial charge >= 0.3 is 0 Å². The molecule has 2 heteroatoms. The Kier molecular flexibility index (Phi) is 6.86. The molecule has 6 rings (SSSR count). The number of benzene rings is 4. The minimum atomic E-state index is 0.128. The lowest BCUT2D eigenvalue weighted by atomic mass is 9.95. The van der Waals surface area contributed by atoms with Crippen LogP contribution < -0.4 is 4.90 Å². The molecule has 0 saturated carbocycles. The fourth-order valence-corrected chi connectivity index (χ4v) is 5.17. The molecule has 0 unspecified atom stereocenters. The Morgan fingerprint density at radius 3 is 1.32 bits per heavy atom. The third kappa shape index (κ3) is 5.02. The monoisotopic (exact) mass is 490 g/mol. The first-order valence-electron chi connectivity index (χ1n) is 13.1. The Morgan fingerprint density at radius 2 is 0.868 bits per heavy atom. The third-order valence-corrected chi connectivity index (χ3v) is 7.03. The first-order valence-corrected chi connectivity index (χ1v) is 13.1. The lowest BCUT2D eigenvalue weighted by Gasteiger charge is -2.32. The molecule has 2 aliphatic rings. The van der Waals surface area contributed by atoms with E-state index in [-0.39, 0.29) is 12.1 Å². The number of anilines is 2. The van der Waals surface area contributed by atoms with Crippen molar-refractivity contribution in [2.24, 2.45) is 0 Å². The van der Waals surface area contributed by atoms with Crippen molar-refractivity contribution >= 4 is 11.4 Å². The van der Waals surface area contributed by atoms with E-state index < -0.39 is 0 Å². The van der Waals surface area contributed by atoms with Crippen molar-refractivity contribution in [2.45, 2.75) is 12.1 Å². The van der Waals surface area contributed by atoms with Gasteiger partial charge in [0.15, 0.2) is 0 Å². The van der Waals surface area contributed by atoms with Crippen molar-refractivity contribution < 1.29 is 0 Å². The predicted molar refractivity (Wildman–Crippen MR) is 159 cm³/mol. The van der Waals surface area contributed by atoms with E-state index in [2.05, 4.69) is 180 Å². The van der Waals surface area contributed by atoms with Crippen LogP contribution in [0.15, 0.2) is 181 Å². The van der Waals surface area contributed by atoms with Gasteiger partial charge in [0.2, 0.25) is 0 Å². The molecular weight excluding hydrogens is 460 g/mol. The van der Waals surface area contributed by atoms with Crippen LogP contribution in [-0.4, -0.2) is 10.9 Å². The smallest absolute Gasteiger partial charge is 0.0833 e. The van der Waals surface area contributed by atoms with Gasteiger partial charge in [-0.15, -0.1) is 0 Å². The topological polar surface area (TPSA) is 6.48 Å². The molecule has 1 aliphatic heterocycles. The number of hydrogen-bond donors (Lipinski definition) is 0. The van der Waals surface area contributed by atoms with Gasteiger partial charge in [-0.3, -0.25) is 0 Å². The summed E-state index contributed by atoms with van der Waals surface area (Å²) in [5.41, 5.74) is 7.31. The first-order chi connectivity index (χ1) is 18.9. The van der Waals surface area contributed by atoms with Crippen molar-refractivity contribution in [3.8, 4) is 0 Å². The second-order valence-electron chi connectivity index (χ2n) is 9.46. The summed E-state index contributed by atoms with van der Waals surface area (Å²) < 4.78 is 0. The van der Waals surface area contributed by atoms with E-state index in [1.807, 2.05) is 0 Å². The van der Waals surface area contributed by atoms with Gasteiger partial charge in [-0.05, 0) is 58.7 Å². The molecule has 1 heterocycles. The van der Waals surface area contributed by atoms with Gasteiger partial charge in [0.1, 0.15) is 0 Å². The zero-order valence-electron chi connectivity index (χ0n) is 21.2. The maximum atomic E-state index is 2.37. The number of hydrogen-bond acceptors (Lipinski definition) is 2. The van der Waals surface area contributed by atoms with Crippen LogP contribution in [0.4, 0.5) is 11.4 Å². The van der Waals surface area contributed by atoms with E-state index in [4.69, 9.17) is 0 Å². The maximum absolute atomic E-state index is 2.37. The fourth-order valence-electron chi connectivity index (χ4n) is 5.17. The van der Waals surface area contributed by atoms with Gasteiger partial charge in [0.25, 0.3) is 0 Å². The molecule has 0 N–H and O–H groups in total. The lowest BCUT2D eigenvalue weighted by Crippen LogP contribution is -2.28. The molecule has 4 aromatic carbocycles. The van der Waals surface area contributed by atoms with E-state index in [0.717, 1.165) is 0 Å². The van der Waals surface area contributed by atoms with Crippen molar-refractivity contribution in [1.29, 1.82) is 0 Å². The minimum absolute atomic E-state index is 0.128. The van der Waals surface area contributed by atoms with E-state index in [9.17, 15) is 0 Å². The van der Waals surface area contributed by atoms with Crippen LogP contribution in [0.25, 0.3) is 0 Å². The highest BCUT2D eigenvalue weighted by atomic mass is 15.2. The summed E-state index contributed by atoms with van der Waals surface area (Å²) in [6.45, 7) is 0. The lowest BCUT2D eigenvalue weighted by molar-refractivity contribution is 0.424. The molecular formula is C36H30N2. The maximum Gasteiger partial charge on any atom is 0.0833 e. The van der Waals surface area contributed by atoms with E-state index >= 15 is 0 Å². The van der Waals surface area contributed by atoms with Crippen LogP contribution in [-0.2, 0) is 0 Å². The van der Waals surface area contributed by atoms with Crippen LogP contribution in [0.2, 0.25) is 0 Å². The highest BCUT2D eigenvalue weighted by molar-refractivity contribution is 5.67. The molecule has 0 radical (unpaired) electrons. The van der Waals surface area contributed by atoms with Gasteiger partial charge in [0, 0.05) is 23.8 Å². The van der Waals surface area contributed by atoms with Crippen molar-refractivity contribution in [3.05, 3.63) is 192 Å². The first kappa shape index (κ1) is 23.6. The van der Waals surface area contributed by atoms with Crippen LogP contribution in [0.5, 0.6) is 0 Å². The van der Waals surface area contributed by atoms with Crippen LogP contribution in [0.1, 0.15) is 17.2 Å². The van der Waals surface area contributed by atoms with Gasteiger partial charge < -0.3 is 9.80 Å². The number of nitrogens with zero attached hydrogens (tertiary/aromatic N) is 2. The molecule has 184 valence electrons. The highest BCUT2D eigenvalue weighted by Crippen LogP contribution is 2.33. The molecule has 2 nitrogen and oxygen atoms in total. The van der Waals surface area contributed by atoms with Gasteiger partial charge in [-0.25, -0.2) is 0 Å². The van der Waals surface area contributed by atoms with E-state index in [0.29, 0.717) is 0 Å². The summed E-state index contributed by atoms with van der Waals surface area (Å²) in [5.74, 6) is 0. The Morgan fingerprint density at radius 1 is 0.474 bits per heavy atom. The summed E-state index contributed by atoms with van der Waals surface area (Å²) in [5, 5.41) is 0. The quantitative estimate of drug-likeness (QED) is 0.267. The fraction of sp³-hybridized carbons (Fsp3) is 0.0556. The molecule has 0 spiro atoms. The zero-order chi connectivity index (χ0) is 25.6. The van der Waals surface area contributed by atoms with Crippen LogP contribution in [0.3, 0.4) is 0 Å². The summed E-state index contributed by atoms with van der Waals surface area (Å²) >= 11 is 0. The van der Waals surface area contributed by atoms with Crippen molar-refractivity contribution in [3.63, 3.8) is 0 Å². The molecule has 0 amide bonds. The minimum Gasteiger partial charge on any atom is -0.343 e. The average molecular weight is 491 g/mol. The third-order valence-electron chi connectivity index (χ3n) is 7.03. The molecule has 0 bridgehead atoms. The molecule has 0 saturated heterocycles. The normalized spacial score (nSPS) is 16.3. The summed E-state index contributed by atoms with van der Waals surface area (Å²) in [4.78, 5) is 4.66. The average Bonchev–Trinajstić information content (AvgIpc) is 3.00. The Balaban J connectivity index is 1.25. The zero-order valence-corrected chi connectivity index (χ0v) is 21.2. The summed E-state index contributed by atoms with van der Waals surface area (Å²) in [6, 6.07) is 42.8. The molecule has 0 atom stereocenters. The molecule has 0 aromatic heterocycles. The van der Waals surface area contributed by atoms with Gasteiger partial charge in [0.05, 0.1) is 12.1 Å². The Labute approximate surface area is 225 Å². The number of para-hydroxylation sites is 2. The van der Waals surface area contributed by atoms with Gasteiger partial charge in [-0.1, -0.05) is 121 Å².